The molecule has 0 aliphatic heterocycles. The fourth-order valence-corrected chi connectivity index (χ4v) is 2.82. The Bertz CT molecular complexity index is 1000. The Kier molecular flexibility index (Phi) is 6.58. The van der Waals surface area contributed by atoms with Crippen molar-refractivity contribution in [2.45, 2.75) is 13.3 Å². The number of hydrogen-bond acceptors (Lipinski definition) is 5. The van der Waals surface area contributed by atoms with E-state index in [2.05, 4.69) is 21.7 Å². The molecule has 0 spiro atoms. The number of aromatic nitrogens is 1. The minimum absolute atomic E-state index is 0.0522. The Morgan fingerprint density at radius 2 is 1.83 bits per heavy atom. The molecule has 0 aliphatic rings. The average Bonchev–Trinajstić information content (AvgIpc) is 2.74. The van der Waals surface area contributed by atoms with Crippen LogP contribution in [-0.2, 0) is 6.42 Å². The van der Waals surface area contributed by atoms with Crippen molar-refractivity contribution in [3.05, 3.63) is 83.7 Å². The molecule has 3 aromatic rings. The molecular formula is C23H23N3O3. The molecule has 0 unspecified atom stereocenters. The van der Waals surface area contributed by atoms with Crippen LogP contribution in [0.4, 0.5) is 11.4 Å². The number of rotatable bonds is 8. The zero-order valence-corrected chi connectivity index (χ0v) is 16.4. The van der Waals surface area contributed by atoms with E-state index >= 15 is 0 Å². The summed E-state index contributed by atoms with van der Waals surface area (Å²) in [6.45, 7) is 2.22. The van der Waals surface area contributed by atoms with Crippen molar-refractivity contribution in [3.8, 4) is 5.75 Å². The molecule has 0 atom stereocenters. The van der Waals surface area contributed by atoms with E-state index in [0.29, 0.717) is 16.9 Å². The number of carbonyl (C=O) groups excluding carboxylic acids is 2. The van der Waals surface area contributed by atoms with Gasteiger partial charge in [-0.25, -0.2) is 4.98 Å². The highest BCUT2D eigenvalue weighted by molar-refractivity contribution is 6.04. The third-order valence-corrected chi connectivity index (χ3v) is 4.40. The number of amides is 1. The number of ether oxygens (including phenoxy) is 1. The van der Waals surface area contributed by atoms with E-state index in [-0.39, 0.29) is 11.7 Å². The highest BCUT2D eigenvalue weighted by atomic mass is 16.5. The number of benzene rings is 2. The summed E-state index contributed by atoms with van der Waals surface area (Å²) in [5.41, 5.74) is 3.42. The Morgan fingerprint density at radius 1 is 1.00 bits per heavy atom. The van der Waals surface area contributed by atoms with E-state index in [4.69, 9.17) is 4.74 Å². The molecule has 0 radical (unpaired) electrons. The first-order valence-corrected chi connectivity index (χ1v) is 9.30. The lowest BCUT2D eigenvalue weighted by atomic mass is 10.1. The molecule has 0 saturated heterocycles. The molecule has 6 heteroatoms. The van der Waals surface area contributed by atoms with Gasteiger partial charge in [-0.2, -0.15) is 0 Å². The zero-order valence-electron chi connectivity index (χ0n) is 16.4. The van der Waals surface area contributed by atoms with E-state index < -0.39 is 0 Å². The maximum Gasteiger partial charge on any atom is 0.274 e. The summed E-state index contributed by atoms with van der Waals surface area (Å²) < 4.78 is 5.23. The van der Waals surface area contributed by atoms with Gasteiger partial charge in [0.1, 0.15) is 11.4 Å². The first-order chi connectivity index (χ1) is 14.0. The van der Waals surface area contributed by atoms with Crippen LogP contribution in [0.5, 0.6) is 5.75 Å². The van der Waals surface area contributed by atoms with Crippen molar-refractivity contribution >= 4 is 23.1 Å². The van der Waals surface area contributed by atoms with Crippen LogP contribution in [0, 0.1) is 0 Å². The molecule has 29 heavy (non-hydrogen) atoms. The van der Waals surface area contributed by atoms with E-state index in [9.17, 15) is 9.59 Å². The van der Waals surface area contributed by atoms with Gasteiger partial charge in [0.2, 0.25) is 0 Å². The maximum atomic E-state index is 12.4. The lowest BCUT2D eigenvalue weighted by Gasteiger charge is -2.09. The predicted molar refractivity (Wildman–Crippen MR) is 114 cm³/mol. The Morgan fingerprint density at radius 3 is 2.55 bits per heavy atom. The van der Waals surface area contributed by atoms with Crippen LogP contribution >= 0.6 is 0 Å². The fourth-order valence-electron chi connectivity index (χ4n) is 2.82. The van der Waals surface area contributed by atoms with Crippen LogP contribution in [0.25, 0.3) is 0 Å². The third-order valence-electron chi connectivity index (χ3n) is 4.40. The van der Waals surface area contributed by atoms with E-state index in [0.717, 1.165) is 24.4 Å². The number of Topliss-reactive ketones (excluding diaryl/α,β-unsaturated/α-hetero) is 1. The predicted octanol–water partition coefficient (Wildman–Crippen LogP) is 4.20. The average molecular weight is 389 g/mol. The molecule has 2 N–H and O–H groups in total. The Hall–Kier alpha value is -3.67. The SMILES string of the molecule is COc1cccc(CCNc2ccc(C(=O)Nc3cccc(C(C)=O)c3)nc2)c1. The van der Waals surface area contributed by atoms with Crippen molar-refractivity contribution < 1.29 is 14.3 Å². The van der Waals surface area contributed by atoms with Gasteiger partial charge in [-0.3, -0.25) is 9.59 Å². The van der Waals surface area contributed by atoms with Gasteiger partial charge in [0.15, 0.2) is 5.78 Å². The van der Waals surface area contributed by atoms with Crippen molar-refractivity contribution in [1.29, 1.82) is 0 Å². The van der Waals surface area contributed by atoms with Gasteiger partial charge in [0.05, 0.1) is 19.0 Å². The molecule has 0 saturated carbocycles. The topological polar surface area (TPSA) is 80.3 Å². The summed E-state index contributed by atoms with van der Waals surface area (Å²) in [5, 5.41) is 6.06. The van der Waals surface area contributed by atoms with Gasteiger partial charge in [0, 0.05) is 17.8 Å². The summed E-state index contributed by atoms with van der Waals surface area (Å²) in [4.78, 5) is 28.1. The molecule has 0 bridgehead atoms. The molecule has 3 rings (SSSR count). The largest absolute Gasteiger partial charge is 0.497 e. The summed E-state index contributed by atoms with van der Waals surface area (Å²) in [6.07, 6.45) is 2.47. The monoisotopic (exact) mass is 389 g/mol. The van der Waals surface area contributed by atoms with E-state index in [1.807, 2.05) is 24.3 Å². The second kappa shape index (κ2) is 9.50. The second-order valence-corrected chi connectivity index (χ2v) is 6.55. The number of pyridine rings is 1. The number of ketones is 1. The molecule has 1 heterocycles. The Balaban J connectivity index is 1.54. The molecule has 6 nitrogen and oxygen atoms in total. The number of methoxy groups -OCH3 is 1. The van der Waals surface area contributed by atoms with Gasteiger partial charge < -0.3 is 15.4 Å². The zero-order chi connectivity index (χ0) is 20.6. The minimum Gasteiger partial charge on any atom is -0.497 e. The van der Waals surface area contributed by atoms with Crippen molar-refractivity contribution in [3.63, 3.8) is 0 Å². The van der Waals surface area contributed by atoms with E-state index in [1.54, 1.807) is 43.6 Å². The summed E-state index contributed by atoms with van der Waals surface area (Å²) >= 11 is 0. The van der Waals surface area contributed by atoms with Gasteiger partial charge in [-0.1, -0.05) is 24.3 Å². The number of anilines is 2. The van der Waals surface area contributed by atoms with E-state index in [1.165, 1.54) is 12.5 Å². The number of nitrogens with one attached hydrogen (secondary N) is 2. The van der Waals surface area contributed by atoms with Gasteiger partial charge in [-0.15, -0.1) is 0 Å². The summed E-state index contributed by atoms with van der Waals surface area (Å²) in [5.74, 6) is 0.464. The summed E-state index contributed by atoms with van der Waals surface area (Å²) in [7, 11) is 1.65. The first-order valence-electron chi connectivity index (χ1n) is 9.30. The highest BCUT2D eigenvalue weighted by Gasteiger charge is 2.09. The minimum atomic E-state index is -0.325. The molecule has 0 aliphatic carbocycles. The van der Waals surface area contributed by atoms with Gasteiger partial charge in [-0.05, 0) is 55.3 Å². The first kappa shape index (κ1) is 20.1. The quantitative estimate of drug-likeness (QED) is 0.565. The number of nitrogens with zero attached hydrogens (tertiary/aromatic N) is 1. The summed E-state index contributed by atoms with van der Waals surface area (Å²) in [6, 6.07) is 18.3. The van der Waals surface area contributed by atoms with Crippen LogP contribution in [0.2, 0.25) is 0 Å². The van der Waals surface area contributed by atoms with Crippen molar-refractivity contribution in [2.75, 3.05) is 24.3 Å². The fraction of sp³-hybridized carbons (Fsp3) is 0.174. The van der Waals surface area contributed by atoms with Crippen LogP contribution in [-0.4, -0.2) is 30.3 Å². The second-order valence-electron chi connectivity index (χ2n) is 6.55. The maximum absolute atomic E-state index is 12.4. The smallest absolute Gasteiger partial charge is 0.274 e. The highest BCUT2D eigenvalue weighted by Crippen LogP contribution is 2.15. The van der Waals surface area contributed by atoms with Crippen LogP contribution < -0.4 is 15.4 Å². The van der Waals surface area contributed by atoms with Crippen LogP contribution in [0.15, 0.2) is 66.9 Å². The third kappa shape index (κ3) is 5.65. The molecular weight excluding hydrogens is 366 g/mol. The van der Waals surface area contributed by atoms with Crippen molar-refractivity contribution in [2.24, 2.45) is 0 Å². The van der Waals surface area contributed by atoms with Gasteiger partial charge in [0.25, 0.3) is 5.91 Å². The van der Waals surface area contributed by atoms with Crippen LogP contribution in [0.1, 0.15) is 33.3 Å². The van der Waals surface area contributed by atoms with Crippen molar-refractivity contribution in [1.82, 2.24) is 4.98 Å². The lowest BCUT2D eigenvalue weighted by molar-refractivity contribution is 0.100. The molecule has 148 valence electrons. The standard InChI is InChI=1S/C23H23N3O3/c1-16(27)18-6-4-7-19(14-18)26-23(28)22-10-9-20(15-25-22)24-12-11-17-5-3-8-21(13-17)29-2/h3-10,13-15,24H,11-12H2,1-2H3,(H,26,28). The van der Waals surface area contributed by atoms with Gasteiger partial charge >= 0.3 is 0 Å². The normalized spacial score (nSPS) is 10.3. The molecule has 1 amide bonds. The molecule has 0 fully saturated rings. The lowest BCUT2D eigenvalue weighted by Crippen LogP contribution is -2.14. The molecule has 2 aromatic carbocycles. The Labute approximate surface area is 169 Å². The molecule has 1 aromatic heterocycles. The number of hydrogen-bond donors (Lipinski definition) is 2. The van der Waals surface area contributed by atoms with Crippen LogP contribution in [0.3, 0.4) is 0 Å². The number of carbonyl (C=O) groups is 2.